The van der Waals surface area contributed by atoms with E-state index in [0.717, 1.165) is 0 Å². The molecule has 2 bridgehead atoms. The highest BCUT2D eigenvalue weighted by molar-refractivity contribution is 6.33. The van der Waals surface area contributed by atoms with E-state index in [-0.39, 0.29) is 10.6 Å². The maximum Gasteiger partial charge on any atom is 0.337 e. The van der Waals surface area contributed by atoms with Crippen molar-refractivity contribution in [2.45, 2.75) is 32.0 Å². The van der Waals surface area contributed by atoms with Crippen LogP contribution in [0.25, 0.3) is 0 Å². The van der Waals surface area contributed by atoms with Crippen molar-refractivity contribution >= 4 is 35.1 Å². The molecule has 3 rings (SSSR count). The van der Waals surface area contributed by atoms with Crippen molar-refractivity contribution in [1.82, 2.24) is 0 Å². The van der Waals surface area contributed by atoms with Crippen LogP contribution in [0.15, 0.2) is 18.2 Å². The Morgan fingerprint density at radius 1 is 1.29 bits per heavy atom. The minimum Gasteiger partial charge on any atom is -0.481 e. The van der Waals surface area contributed by atoms with Crippen LogP contribution in [0.5, 0.6) is 0 Å². The zero-order valence-corrected chi connectivity index (χ0v) is 13.5. The molecule has 2 aliphatic rings. The van der Waals surface area contributed by atoms with E-state index in [4.69, 9.17) is 21.4 Å². The van der Waals surface area contributed by atoms with Gasteiger partial charge in [0.2, 0.25) is 5.91 Å². The fourth-order valence-corrected chi connectivity index (χ4v) is 3.90. The van der Waals surface area contributed by atoms with Crippen LogP contribution in [-0.4, -0.2) is 40.3 Å². The summed E-state index contributed by atoms with van der Waals surface area (Å²) in [7, 11) is 0. The number of amides is 1. The highest BCUT2D eigenvalue weighted by Crippen LogP contribution is 2.52. The SMILES string of the molecule is CC1(C(=O)O)C2CCC(O2)C1C(=O)Nc1ccc(C(=O)O)c(Cl)c1. The van der Waals surface area contributed by atoms with Gasteiger partial charge >= 0.3 is 11.9 Å². The van der Waals surface area contributed by atoms with Crippen molar-refractivity contribution in [2.75, 3.05) is 5.32 Å². The normalized spacial score (nSPS) is 31.0. The first-order chi connectivity index (χ1) is 11.2. The largest absolute Gasteiger partial charge is 0.481 e. The first-order valence-electron chi connectivity index (χ1n) is 7.47. The number of halogens is 1. The van der Waals surface area contributed by atoms with E-state index in [0.29, 0.717) is 18.5 Å². The second kappa shape index (κ2) is 5.75. The van der Waals surface area contributed by atoms with Gasteiger partial charge in [0.05, 0.1) is 28.7 Å². The van der Waals surface area contributed by atoms with Crippen molar-refractivity contribution in [1.29, 1.82) is 0 Å². The second-order valence-corrected chi connectivity index (χ2v) is 6.70. The lowest BCUT2D eigenvalue weighted by Gasteiger charge is -2.33. The number of nitrogens with one attached hydrogen (secondary N) is 1. The van der Waals surface area contributed by atoms with Gasteiger partial charge in [-0.05, 0) is 38.0 Å². The summed E-state index contributed by atoms with van der Waals surface area (Å²) in [5.41, 5.74) is -1.04. The van der Waals surface area contributed by atoms with Gasteiger partial charge < -0.3 is 20.3 Å². The highest BCUT2D eigenvalue weighted by Gasteiger charge is 2.64. The quantitative estimate of drug-likeness (QED) is 0.765. The fraction of sp³-hybridized carbons (Fsp3) is 0.438. The van der Waals surface area contributed by atoms with E-state index in [1.807, 2.05) is 0 Å². The minimum absolute atomic E-state index is 0.00881. The Bertz CT molecular complexity index is 735. The lowest BCUT2D eigenvalue weighted by atomic mass is 9.67. The average molecular weight is 354 g/mol. The molecule has 0 saturated carbocycles. The van der Waals surface area contributed by atoms with Crippen LogP contribution in [-0.2, 0) is 14.3 Å². The molecule has 2 saturated heterocycles. The first-order valence-corrected chi connectivity index (χ1v) is 7.85. The number of carboxylic acid groups (broad SMARTS) is 2. The highest BCUT2D eigenvalue weighted by atomic mass is 35.5. The number of anilines is 1. The standard InChI is InChI=1S/C16H16ClNO6/c1-16(15(22)23)11-5-4-10(24-11)12(16)13(19)18-7-2-3-8(14(20)21)9(17)6-7/h2-3,6,10-12H,4-5H2,1H3,(H,18,19)(H,20,21)(H,22,23). The molecular weight excluding hydrogens is 338 g/mol. The summed E-state index contributed by atoms with van der Waals surface area (Å²) in [4.78, 5) is 35.3. The van der Waals surface area contributed by atoms with E-state index in [1.54, 1.807) is 0 Å². The van der Waals surface area contributed by atoms with Gasteiger partial charge in [0.15, 0.2) is 0 Å². The number of carbonyl (C=O) groups is 3. The number of aliphatic carboxylic acids is 1. The van der Waals surface area contributed by atoms with E-state index >= 15 is 0 Å². The molecule has 2 fully saturated rings. The predicted octanol–water partition coefficient (Wildman–Crippen LogP) is 2.25. The molecule has 24 heavy (non-hydrogen) atoms. The molecule has 3 N–H and O–H groups in total. The first kappa shape index (κ1) is 16.7. The second-order valence-electron chi connectivity index (χ2n) is 6.30. The van der Waals surface area contributed by atoms with Crippen molar-refractivity contribution in [3.8, 4) is 0 Å². The molecule has 0 spiro atoms. The number of hydrogen-bond acceptors (Lipinski definition) is 4. The Hall–Kier alpha value is -2.12. The third-order valence-electron chi connectivity index (χ3n) is 4.95. The zero-order valence-electron chi connectivity index (χ0n) is 12.8. The van der Waals surface area contributed by atoms with Crippen molar-refractivity contribution in [3.63, 3.8) is 0 Å². The summed E-state index contributed by atoms with van der Waals surface area (Å²) >= 11 is 5.89. The summed E-state index contributed by atoms with van der Waals surface area (Å²) in [5, 5.41) is 21.2. The molecule has 2 aliphatic heterocycles. The van der Waals surface area contributed by atoms with Gasteiger partial charge in [-0.2, -0.15) is 0 Å². The molecule has 7 nitrogen and oxygen atoms in total. The zero-order chi connectivity index (χ0) is 17.6. The fourth-order valence-electron chi connectivity index (χ4n) is 3.63. The van der Waals surface area contributed by atoms with Crippen molar-refractivity contribution in [3.05, 3.63) is 28.8 Å². The Morgan fingerprint density at radius 3 is 2.58 bits per heavy atom. The van der Waals surface area contributed by atoms with Crippen LogP contribution in [0.3, 0.4) is 0 Å². The van der Waals surface area contributed by atoms with Gasteiger partial charge in [-0.25, -0.2) is 4.79 Å². The lowest BCUT2D eigenvalue weighted by molar-refractivity contribution is -0.155. The molecule has 0 aromatic heterocycles. The number of carboxylic acids is 2. The smallest absolute Gasteiger partial charge is 0.337 e. The van der Waals surface area contributed by atoms with Crippen LogP contribution >= 0.6 is 11.6 Å². The molecule has 0 aliphatic carbocycles. The lowest BCUT2D eigenvalue weighted by Crippen LogP contribution is -2.49. The number of aromatic carboxylic acids is 1. The molecule has 2 heterocycles. The topological polar surface area (TPSA) is 113 Å². The molecule has 1 amide bonds. The maximum absolute atomic E-state index is 12.6. The third kappa shape index (κ3) is 2.44. The Morgan fingerprint density at radius 2 is 2.00 bits per heavy atom. The monoisotopic (exact) mass is 353 g/mol. The maximum atomic E-state index is 12.6. The molecule has 1 aromatic carbocycles. The average Bonchev–Trinajstić information content (AvgIpc) is 3.06. The molecule has 1 aromatic rings. The predicted molar refractivity (Wildman–Crippen MR) is 84.2 cm³/mol. The molecule has 4 atom stereocenters. The molecular formula is C16H16ClNO6. The minimum atomic E-state index is -1.28. The van der Waals surface area contributed by atoms with Gasteiger partial charge in [-0.15, -0.1) is 0 Å². The Kier molecular flexibility index (Phi) is 4.01. The number of hydrogen-bond donors (Lipinski definition) is 3. The van der Waals surface area contributed by atoms with Crippen LogP contribution in [0.4, 0.5) is 5.69 Å². The number of fused-ring (bicyclic) bond motifs is 2. The van der Waals surface area contributed by atoms with Gasteiger partial charge in [-0.3, -0.25) is 9.59 Å². The molecule has 0 radical (unpaired) electrons. The van der Waals surface area contributed by atoms with E-state index in [9.17, 15) is 19.5 Å². The molecule has 8 heteroatoms. The summed E-state index contributed by atoms with van der Waals surface area (Å²) in [6, 6.07) is 4.03. The van der Waals surface area contributed by atoms with Crippen LogP contribution in [0, 0.1) is 11.3 Å². The van der Waals surface area contributed by atoms with Crippen LogP contribution in [0.1, 0.15) is 30.1 Å². The van der Waals surface area contributed by atoms with Gasteiger partial charge in [0.1, 0.15) is 5.41 Å². The summed E-state index contributed by atoms with van der Waals surface area (Å²) < 4.78 is 5.65. The number of rotatable bonds is 4. The van der Waals surface area contributed by atoms with Gasteiger partial charge in [-0.1, -0.05) is 11.6 Å². The number of ether oxygens (including phenoxy) is 1. The van der Waals surface area contributed by atoms with E-state index in [2.05, 4.69) is 5.32 Å². The van der Waals surface area contributed by atoms with E-state index < -0.39 is 41.4 Å². The summed E-state index contributed by atoms with van der Waals surface area (Å²) in [6.45, 7) is 1.53. The van der Waals surface area contributed by atoms with Crippen molar-refractivity contribution in [2.24, 2.45) is 11.3 Å². The van der Waals surface area contributed by atoms with E-state index in [1.165, 1.54) is 25.1 Å². The van der Waals surface area contributed by atoms with Crippen molar-refractivity contribution < 1.29 is 29.3 Å². The molecule has 128 valence electrons. The molecule has 4 unspecified atom stereocenters. The van der Waals surface area contributed by atoms with Crippen LogP contribution < -0.4 is 5.32 Å². The van der Waals surface area contributed by atoms with Gasteiger partial charge in [0.25, 0.3) is 0 Å². The Balaban J connectivity index is 1.83. The summed E-state index contributed by atoms with van der Waals surface area (Å²) in [6.07, 6.45) is 0.361. The van der Waals surface area contributed by atoms with Crippen LogP contribution in [0.2, 0.25) is 5.02 Å². The third-order valence-corrected chi connectivity index (χ3v) is 5.26. The summed E-state index contributed by atoms with van der Waals surface area (Å²) in [5.74, 6) is -3.51. The number of benzene rings is 1. The number of carbonyl (C=O) groups excluding carboxylic acids is 1. The van der Waals surface area contributed by atoms with Gasteiger partial charge in [0, 0.05) is 5.69 Å². The Labute approximate surface area is 142 Å².